The fourth-order valence-electron chi connectivity index (χ4n) is 3.47. The monoisotopic (exact) mass is 244 g/mol. The van der Waals surface area contributed by atoms with Gasteiger partial charge in [0.15, 0.2) is 0 Å². The summed E-state index contributed by atoms with van der Waals surface area (Å²) in [6, 6.07) is 0. The van der Waals surface area contributed by atoms with Crippen LogP contribution in [-0.4, -0.2) is 16.7 Å². The van der Waals surface area contributed by atoms with Crippen LogP contribution in [-0.2, 0) is 4.74 Å². The first-order valence-electron chi connectivity index (χ1n) is 5.66. The van der Waals surface area contributed by atoms with E-state index in [0.29, 0.717) is 21.3 Å². The van der Waals surface area contributed by atoms with Crippen molar-refractivity contribution >= 4 is 28.4 Å². The quantitative estimate of drug-likeness (QED) is 0.648. The van der Waals surface area contributed by atoms with E-state index >= 15 is 0 Å². The van der Waals surface area contributed by atoms with E-state index in [4.69, 9.17) is 17.0 Å². The molecule has 0 heterocycles. The highest BCUT2D eigenvalue weighted by Crippen LogP contribution is 2.66. The Morgan fingerprint density at radius 3 is 2.47 bits per heavy atom. The molecule has 2 rings (SSSR count). The van der Waals surface area contributed by atoms with Crippen LogP contribution in [0.15, 0.2) is 0 Å². The van der Waals surface area contributed by atoms with Gasteiger partial charge in [0, 0.05) is 5.41 Å². The molecule has 15 heavy (non-hydrogen) atoms. The van der Waals surface area contributed by atoms with E-state index in [9.17, 15) is 0 Å². The smallest absolute Gasteiger partial charge is 0.219 e. The van der Waals surface area contributed by atoms with Crippen LogP contribution in [0, 0.1) is 16.7 Å². The van der Waals surface area contributed by atoms with Crippen molar-refractivity contribution in [1.82, 2.24) is 0 Å². The van der Waals surface area contributed by atoms with Crippen LogP contribution < -0.4 is 0 Å². The zero-order valence-electron chi connectivity index (χ0n) is 10.0. The third-order valence-corrected chi connectivity index (χ3v) is 6.14. The molecule has 0 aromatic heterocycles. The van der Waals surface area contributed by atoms with Gasteiger partial charge in [0.25, 0.3) is 0 Å². The number of thioether (sulfide) groups is 1. The van der Waals surface area contributed by atoms with Gasteiger partial charge in [0.1, 0.15) is 6.10 Å². The van der Waals surface area contributed by atoms with Crippen LogP contribution in [0.1, 0.15) is 40.0 Å². The van der Waals surface area contributed by atoms with Gasteiger partial charge < -0.3 is 4.74 Å². The molecule has 2 aliphatic rings. The fourth-order valence-corrected chi connectivity index (χ4v) is 3.80. The second-order valence-electron chi connectivity index (χ2n) is 5.67. The lowest BCUT2D eigenvalue weighted by atomic mass is 9.70. The molecule has 3 atom stereocenters. The van der Waals surface area contributed by atoms with Gasteiger partial charge in [-0.1, -0.05) is 32.5 Å². The molecule has 2 aliphatic carbocycles. The molecule has 1 nitrogen and oxygen atoms in total. The summed E-state index contributed by atoms with van der Waals surface area (Å²) < 4.78 is 6.64. The van der Waals surface area contributed by atoms with Crippen LogP contribution in [0.2, 0.25) is 0 Å². The number of hydrogen-bond acceptors (Lipinski definition) is 3. The first kappa shape index (κ1) is 11.7. The Balaban J connectivity index is 2.15. The van der Waals surface area contributed by atoms with Gasteiger partial charge in [0.05, 0.1) is 0 Å². The average Bonchev–Trinajstić information content (AvgIpc) is 2.50. The predicted octanol–water partition coefficient (Wildman–Crippen LogP) is 3.87. The molecule has 0 aromatic carbocycles. The number of ether oxygens (including phenoxy) is 1. The molecule has 2 saturated carbocycles. The van der Waals surface area contributed by atoms with Crippen LogP contribution >= 0.6 is 24.0 Å². The Kier molecular flexibility index (Phi) is 2.83. The first-order valence-corrected chi connectivity index (χ1v) is 7.29. The van der Waals surface area contributed by atoms with E-state index in [1.54, 1.807) is 11.8 Å². The van der Waals surface area contributed by atoms with Crippen molar-refractivity contribution in [2.45, 2.75) is 46.1 Å². The van der Waals surface area contributed by atoms with Gasteiger partial charge in [-0.15, -0.1) is 0 Å². The van der Waals surface area contributed by atoms with Gasteiger partial charge >= 0.3 is 0 Å². The highest BCUT2D eigenvalue weighted by molar-refractivity contribution is 8.22. The summed E-state index contributed by atoms with van der Waals surface area (Å²) >= 11 is 6.72. The van der Waals surface area contributed by atoms with Gasteiger partial charge in [0.2, 0.25) is 4.38 Å². The van der Waals surface area contributed by atoms with E-state index in [1.165, 1.54) is 19.3 Å². The molecule has 0 radical (unpaired) electrons. The highest BCUT2D eigenvalue weighted by atomic mass is 32.2. The number of fused-ring (bicyclic) bond motifs is 2. The van der Waals surface area contributed by atoms with E-state index in [2.05, 4.69) is 20.8 Å². The Morgan fingerprint density at radius 1 is 1.40 bits per heavy atom. The topological polar surface area (TPSA) is 9.23 Å². The normalized spacial score (nSPS) is 41.9. The van der Waals surface area contributed by atoms with E-state index in [1.807, 2.05) is 6.26 Å². The highest BCUT2D eigenvalue weighted by Gasteiger charge is 2.62. The van der Waals surface area contributed by atoms with Crippen molar-refractivity contribution in [3.05, 3.63) is 0 Å². The van der Waals surface area contributed by atoms with Gasteiger partial charge in [-0.25, -0.2) is 0 Å². The SMILES string of the molecule is CSC(=S)O[C@@H]1C[C@H]2CC[C@]1(C)C2(C)C. The van der Waals surface area contributed by atoms with Crippen LogP contribution in [0.5, 0.6) is 0 Å². The maximum Gasteiger partial charge on any atom is 0.219 e. The third kappa shape index (κ3) is 1.54. The Morgan fingerprint density at radius 2 is 2.07 bits per heavy atom. The first-order chi connectivity index (χ1) is 6.91. The van der Waals surface area contributed by atoms with Gasteiger partial charge in [-0.05, 0) is 49.1 Å². The molecule has 3 heteroatoms. The maximum absolute atomic E-state index is 5.93. The summed E-state index contributed by atoms with van der Waals surface area (Å²) in [7, 11) is 0. The Hall–Kier alpha value is 0.240. The molecule has 2 fully saturated rings. The summed E-state index contributed by atoms with van der Waals surface area (Å²) in [5, 5.41) is 0. The lowest BCUT2D eigenvalue weighted by Gasteiger charge is -2.38. The zero-order valence-corrected chi connectivity index (χ0v) is 11.6. The number of thiocarbonyl (C=S) groups is 1. The van der Waals surface area contributed by atoms with Crippen LogP contribution in [0.3, 0.4) is 0 Å². The molecule has 0 saturated heterocycles. The lowest BCUT2D eigenvalue weighted by Crippen LogP contribution is -2.37. The minimum Gasteiger partial charge on any atom is -0.475 e. The predicted molar refractivity (Wildman–Crippen MR) is 70.2 cm³/mol. The molecule has 0 unspecified atom stereocenters. The molecule has 0 spiro atoms. The van der Waals surface area contributed by atoms with Crippen molar-refractivity contribution in [3.63, 3.8) is 0 Å². The minimum atomic E-state index is 0.331. The summed E-state index contributed by atoms with van der Waals surface area (Å²) in [5.41, 5.74) is 0.753. The molecule has 86 valence electrons. The van der Waals surface area contributed by atoms with Gasteiger partial charge in [-0.3, -0.25) is 0 Å². The average molecular weight is 244 g/mol. The lowest BCUT2D eigenvalue weighted by molar-refractivity contribution is 0.0271. The minimum absolute atomic E-state index is 0.331. The van der Waals surface area contributed by atoms with Crippen molar-refractivity contribution in [2.24, 2.45) is 16.7 Å². The molecule has 0 aliphatic heterocycles. The van der Waals surface area contributed by atoms with Gasteiger partial charge in [-0.2, -0.15) is 0 Å². The molecule has 0 amide bonds. The fraction of sp³-hybridized carbons (Fsp3) is 0.917. The van der Waals surface area contributed by atoms with Crippen molar-refractivity contribution in [2.75, 3.05) is 6.26 Å². The Bertz CT molecular complexity index is 287. The molecular formula is C12H20OS2. The van der Waals surface area contributed by atoms with E-state index < -0.39 is 0 Å². The summed E-state index contributed by atoms with van der Waals surface area (Å²) in [6.45, 7) is 7.18. The Labute approximate surface area is 102 Å². The largest absolute Gasteiger partial charge is 0.475 e. The van der Waals surface area contributed by atoms with Crippen molar-refractivity contribution in [3.8, 4) is 0 Å². The van der Waals surface area contributed by atoms with E-state index in [-0.39, 0.29) is 0 Å². The second kappa shape index (κ2) is 3.63. The van der Waals surface area contributed by atoms with Crippen LogP contribution in [0.4, 0.5) is 0 Å². The number of hydrogen-bond donors (Lipinski definition) is 0. The summed E-state index contributed by atoms with van der Waals surface area (Å²) in [5.74, 6) is 0.831. The van der Waals surface area contributed by atoms with E-state index in [0.717, 1.165) is 5.92 Å². The molecule has 0 N–H and O–H groups in total. The summed E-state index contributed by atoms with van der Waals surface area (Å²) in [4.78, 5) is 0. The molecule has 2 bridgehead atoms. The van der Waals surface area contributed by atoms with Crippen molar-refractivity contribution in [1.29, 1.82) is 0 Å². The number of rotatable bonds is 1. The standard InChI is InChI=1S/C12H20OS2/c1-11(2)8-5-6-12(11,3)9(7-8)13-10(14)15-4/h8-9H,5-7H2,1-4H3/t8-,9-,12+/m1/s1. The van der Waals surface area contributed by atoms with Crippen molar-refractivity contribution < 1.29 is 4.74 Å². The third-order valence-electron chi connectivity index (χ3n) is 5.12. The summed E-state index contributed by atoms with van der Waals surface area (Å²) in [6.07, 6.45) is 6.21. The molecular weight excluding hydrogens is 224 g/mol. The maximum atomic E-state index is 5.93. The van der Waals surface area contributed by atoms with Crippen LogP contribution in [0.25, 0.3) is 0 Å². The molecule has 0 aromatic rings. The zero-order chi connectivity index (χ0) is 11.3. The second-order valence-corrected chi connectivity index (χ2v) is 7.08.